The van der Waals surface area contributed by atoms with Crippen LogP contribution in [0.15, 0.2) is 42.5 Å². The number of benzene rings is 2. The summed E-state index contributed by atoms with van der Waals surface area (Å²) in [5.41, 5.74) is 7.20. The van der Waals surface area contributed by atoms with Crippen LogP contribution in [0.1, 0.15) is 11.1 Å². The van der Waals surface area contributed by atoms with Crippen molar-refractivity contribution in [2.24, 2.45) is 5.73 Å². The van der Waals surface area contributed by atoms with Crippen LogP contribution >= 0.6 is 11.6 Å². The van der Waals surface area contributed by atoms with Crippen LogP contribution in [0.4, 0.5) is 5.69 Å². The zero-order valence-corrected chi connectivity index (χ0v) is 12.0. The molecule has 0 spiro atoms. The van der Waals surface area contributed by atoms with Crippen LogP contribution in [0.5, 0.6) is 5.75 Å². The minimum absolute atomic E-state index is 0.108. The molecule has 0 bridgehead atoms. The lowest BCUT2D eigenvalue weighted by Gasteiger charge is -2.11. The van der Waals surface area contributed by atoms with Gasteiger partial charge in [0.05, 0.1) is 11.5 Å². The lowest BCUT2D eigenvalue weighted by Crippen LogP contribution is -2.07. The molecule has 0 aromatic heterocycles. The number of hydrogen-bond donors (Lipinski definition) is 1. The Kier molecular flexibility index (Phi) is 5.14. The van der Waals surface area contributed by atoms with E-state index < -0.39 is 0 Å². The fourth-order valence-electron chi connectivity index (χ4n) is 2.02. The van der Waals surface area contributed by atoms with Crippen molar-refractivity contribution in [3.63, 3.8) is 0 Å². The topological polar surface area (TPSA) is 78.4 Å². The normalized spacial score (nSPS) is 10.4. The van der Waals surface area contributed by atoms with Crippen molar-refractivity contribution < 1.29 is 9.66 Å². The molecule has 0 aliphatic carbocycles. The molecule has 0 radical (unpaired) electrons. The van der Waals surface area contributed by atoms with Crippen molar-refractivity contribution in [2.45, 2.75) is 13.0 Å². The van der Waals surface area contributed by atoms with Crippen LogP contribution in [-0.2, 0) is 13.0 Å². The summed E-state index contributed by atoms with van der Waals surface area (Å²) in [6.45, 7) is 0.654. The van der Waals surface area contributed by atoms with Gasteiger partial charge < -0.3 is 10.5 Å². The first-order valence-corrected chi connectivity index (χ1v) is 6.83. The maximum absolute atomic E-state index is 10.9. The Labute approximate surface area is 127 Å². The average molecular weight is 307 g/mol. The molecule has 0 atom stereocenters. The van der Waals surface area contributed by atoms with Gasteiger partial charge in [0.2, 0.25) is 0 Å². The van der Waals surface area contributed by atoms with Gasteiger partial charge in [-0.3, -0.25) is 10.1 Å². The van der Waals surface area contributed by atoms with Crippen molar-refractivity contribution in [3.05, 3.63) is 68.7 Å². The van der Waals surface area contributed by atoms with Crippen molar-refractivity contribution in [1.82, 2.24) is 0 Å². The van der Waals surface area contributed by atoms with Gasteiger partial charge in [0, 0.05) is 35.2 Å². The Morgan fingerprint density at radius 1 is 1.19 bits per heavy atom. The Morgan fingerprint density at radius 3 is 2.67 bits per heavy atom. The molecule has 0 saturated heterocycles. The lowest BCUT2D eigenvalue weighted by atomic mass is 10.1. The van der Waals surface area contributed by atoms with E-state index in [1.165, 1.54) is 6.07 Å². The number of nitro groups is 1. The largest absolute Gasteiger partial charge is 0.493 e. The van der Waals surface area contributed by atoms with E-state index in [0.717, 1.165) is 5.56 Å². The number of rotatable bonds is 6. The number of nitrogens with two attached hydrogens (primary N) is 1. The summed E-state index contributed by atoms with van der Waals surface area (Å²) < 4.78 is 5.66. The van der Waals surface area contributed by atoms with E-state index in [-0.39, 0.29) is 10.6 Å². The predicted molar refractivity (Wildman–Crippen MR) is 81.6 cm³/mol. The molecule has 0 saturated carbocycles. The highest BCUT2D eigenvalue weighted by molar-refractivity contribution is 6.30. The van der Waals surface area contributed by atoms with Crippen LogP contribution in [0.2, 0.25) is 5.02 Å². The molecule has 0 heterocycles. The fourth-order valence-corrected chi connectivity index (χ4v) is 2.21. The van der Waals surface area contributed by atoms with E-state index in [1.54, 1.807) is 36.4 Å². The van der Waals surface area contributed by atoms with Crippen LogP contribution in [0.25, 0.3) is 0 Å². The third-order valence-corrected chi connectivity index (χ3v) is 3.29. The number of halogens is 1. The number of nitro benzene ring substituents is 1. The standard InChI is InChI=1S/C15H15ClN2O3/c16-13-5-6-15(12(9-13)10-17)21-8-7-11-3-1-2-4-14(11)18(19)20/h1-6,9H,7-8,10,17H2. The van der Waals surface area contributed by atoms with Crippen LogP contribution in [0, 0.1) is 10.1 Å². The summed E-state index contributed by atoms with van der Waals surface area (Å²) >= 11 is 5.90. The van der Waals surface area contributed by atoms with Gasteiger partial charge in [-0.1, -0.05) is 29.8 Å². The molecular formula is C15H15ClN2O3. The molecule has 2 rings (SSSR count). The monoisotopic (exact) mass is 306 g/mol. The Hall–Kier alpha value is -2.11. The quantitative estimate of drug-likeness (QED) is 0.656. The molecule has 6 heteroatoms. The predicted octanol–water partition coefficient (Wildman–Crippen LogP) is 3.33. The minimum Gasteiger partial charge on any atom is -0.493 e. The molecular weight excluding hydrogens is 292 g/mol. The van der Waals surface area contributed by atoms with Gasteiger partial charge in [0.15, 0.2) is 0 Å². The van der Waals surface area contributed by atoms with Crippen molar-refractivity contribution in [3.8, 4) is 5.75 Å². The third-order valence-electron chi connectivity index (χ3n) is 3.06. The van der Waals surface area contributed by atoms with Crippen molar-refractivity contribution >= 4 is 17.3 Å². The van der Waals surface area contributed by atoms with Crippen molar-refractivity contribution in [2.75, 3.05) is 6.61 Å². The molecule has 21 heavy (non-hydrogen) atoms. The van der Waals surface area contributed by atoms with E-state index in [0.29, 0.717) is 35.9 Å². The highest BCUT2D eigenvalue weighted by Gasteiger charge is 2.12. The minimum atomic E-state index is -0.386. The Balaban J connectivity index is 2.04. The second kappa shape index (κ2) is 7.06. The zero-order valence-electron chi connectivity index (χ0n) is 11.3. The van der Waals surface area contributed by atoms with Gasteiger partial charge in [-0.05, 0) is 18.2 Å². The summed E-state index contributed by atoms with van der Waals surface area (Å²) in [4.78, 5) is 10.5. The van der Waals surface area contributed by atoms with Crippen molar-refractivity contribution in [1.29, 1.82) is 0 Å². The second-order valence-electron chi connectivity index (χ2n) is 4.44. The number of nitrogens with zero attached hydrogens (tertiary/aromatic N) is 1. The second-order valence-corrected chi connectivity index (χ2v) is 4.88. The molecule has 0 fully saturated rings. The maximum Gasteiger partial charge on any atom is 0.272 e. The van der Waals surface area contributed by atoms with E-state index in [4.69, 9.17) is 22.1 Å². The maximum atomic E-state index is 10.9. The average Bonchev–Trinajstić information content (AvgIpc) is 2.49. The van der Waals surface area contributed by atoms with Gasteiger partial charge in [-0.2, -0.15) is 0 Å². The van der Waals surface area contributed by atoms with Crippen LogP contribution in [-0.4, -0.2) is 11.5 Å². The molecule has 0 aliphatic heterocycles. The van der Waals surface area contributed by atoms with Gasteiger partial charge in [0.1, 0.15) is 5.75 Å². The number of para-hydroxylation sites is 1. The molecule has 0 amide bonds. The highest BCUT2D eigenvalue weighted by Crippen LogP contribution is 2.23. The zero-order chi connectivity index (χ0) is 15.2. The molecule has 5 nitrogen and oxygen atoms in total. The van der Waals surface area contributed by atoms with E-state index in [1.807, 2.05) is 0 Å². The first-order chi connectivity index (χ1) is 10.1. The smallest absolute Gasteiger partial charge is 0.272 e. The Morgan fingerprint density at radius 2 is 1.95 bits per heavy atom. The van der Waals surface area contributed by atoms with Gasteiger partial charge >= 0.3 is 0 Å². The molecule has 2 aromatic carbocycles. The van der Waals surface area contributed by atoms with Gasteiger partial charge in [-0.25, -0.2) is 0 Å². The van der Waals surface area contributed by atoms with E-state index in [2.05, 4.69) is 0 Å². The van der Waals surface area contributed by atoms with Gasteiger partial charge in [0.25, 0.3) is 5.69 Å². The first-order valence-electron chi connectivity index (χ1n) is 6.45. The first kappa shape index (κ1) is 15.3. The highest BCUT2D eigenvalue weighted by atomic mass is 35.5. The summed E-state index contributed by atoms with van der Waals surface area (Å²) in [7, 11) is 0. The number of ether oxygens (including phenoxy) is 1. The molecule has 110 valence electrons. The third kappa shape index (κ3) is 3.93. The summed E-state index contributed by atoms with van der Waals surface area (Å²) in [5, 5.41) is 11.5. The van der Waals surface area contributed by atoms with E-state index >= 15 is 0 Å². The van der Waals surface area contributed by atoms with E-state index in [9.17, 15) is 10.1 Å². The summed E-state index contributed by atoms with van der Waals surface area (Å²) in [5.74, 6) is 0.653. The van der Waals surface area contributed by atoms with Crippen LogP contribution in [0.3, 0.4) is 0 Å². The number of hydrogen-bond acceptors (Lipinski definition) is 4. The SMILES string of the molecule is NCc1cc(Cl)ccc1OCCc1ccccc1[N+](=O)[O-]. The molecule has 2 N–H and O–H groups in total. The fraction of sp³-hybridized carbons (Fsp3) is 0.200. The Bertz CT molecular complexity index is 647. The van der Waals surface area contributed by atoms with Gasteiger partial charge in [-0.15, -0.1) is 0 Å². The molecule has 0 unspecified atom stereocenters. The lowest BCUT2D eigenvalue weighted by molar-refractivity contribution is -0.385. The molecule has 2 aromatic rings. The van der Waals surface area contributed by atoms with Crippen LogP contribution < -0.4 is 10.5 Å². The molecule has 0 aliphatic rings. The summed E-state index contributed by atoms with van der Waals surface area (Å²) in [6.07, 6.45) is 0.448. The summed E-state index contributed by atoms with van der Waals surface area (Å²) in [6, 6.07) is 11.9.